The first kappa shape index (κ1) is 25.9. The van der Waals surface area contributed by atoms with E-state index < -0.39 is 17.1 Å². The van der Waals surface area contributed by atoms with Gasteiger partial charge in [-0.05, 0) is 92.7 Å². The van der Waals surface area contributed by atoms with Crippen molar-refractivity contribution in [2.75, 3.05) is 18.5 Å². The standard InChI is InChI=1S/C26H23Cl2N3O4S/c1-4-35-20-8-6-19(7-9-20)29-24(32)14-30-25(33)23(36-26(30)34)12-17-11-15(2)31(16(17)3)22-10-5-18(27)13-21(22)28/h5-13H,4,14H2,1-3H3,(H,29,32)/b23-12+. The van der Waals surface area contributed by atoms with E-state index in [4.69, 9.17) is 27.9 Å². The van der Waals surface area contributed by atoms with Crippen LogP contribution in [0.3, 0.4) is 0 Å². The minimum Gasteiger partial charge on any atom is -0.494 e. The quantitative estimate of drug-likeness (QED) is 0.345. The van der Waals surface area contributed by atoms with E-state index in [1.54, 1.807) is 42.5 Å². The Hall–Kier alpha value is -3.20. The summed E-state index contributed by atoms with van der Waals surface area (Å²) in [4.78, 5) is 39.2. The van der Waals surface area contributed by atoms with Crippen molar-refractivity contribution in [3.05, 3.63) is 80.4 Å². The van der Waals surface area contributed by atoms with Crippen molar-refractivity contribution in [1.82, 2.24) is 9.47 Å². The van der Waals surface area contributed by atoms with Gasteiger partial charge in [0.2, 0.25) is 5.91 Å². The van der Waals surface area contributed by atoms with Crippen LogP contribution in [0.25, 0.3) is 11.8 Å². The lowest BCUT2D eigenvalue weighted by Gasteiger charge is -2.13. The zero-order valence-corrected chi connectivity index (χ0v) is 22.1. The third kappa shape index (κ3) is 5.46. The zero-order valence-electron chi connectivity index (χ0n) is 19.8. The van der Waals surface area contributed by atoms with Crippen LogP contribution in [0.15, 0.2) is 53.4 Å². The van der Waals surface area contributed by atoms with Crippen LogP contribution in [0, 0.1) is 13.8 Å². The highest BCUT2D eigenvalue weighted by molar-refractivity contribution is 8.18. The summed E-state index contributed by atoms with van der Waals surface area (Å²) in [5, 5.41) is 3.23. The Morgan fingerprint density at radius 3 is 2.47 bits per heavy atom. The van der Waals surface area contributed by atoms with Crippen molar-refractivity contribution in [2.24, 2.45) is 0 Å². The van der Waals surface area contributed by atoms with E-state index in [1.807, 2.05) is 37.5 Å². The van der Waals surface area contributed by atoms with Gasteiger partial charge in [-0.1, -0.05) is 23.2 Å². The number of carbonyl (C=O) groups is 3. The Labute approximate surface area is 223 Å². The van der Waals surface area contributed by atoms with Crippen LogP contribution in [0.1, 0.15) is 23.9 Å². The summed E-state index contributed by atoms with van der Waals surface area (Å²) in [7, 11) is 0. The molecule has 36 heavy (non-hydrogen) atoms. The number of anilines is 1. The smallest absolute Gasteiger partial charge is 0.294 e. The number of hydrogen-bond donors (Lipinski definition) is 1. The lowest BCUT2D eigenvalue weighted by atomic mass is 10.2. The van der Waals surface area contributed by atoms with Gasteiger partial charge < -0.3 is 14.6 Å². The summed E-state index contributed by atoms with van der Waals surface area (Å²) in [5.41, 5.74) is 3.81. The number of halogens is 2. The topological polar surface area (TPSA) is 80.6 Å². The lowest BCUT2D eigenvalue weighted by Crippen LogP contribution is -2.36. The van der Waals surface area contributed by atoms with E-state index in [9.17, 15) is 14.4 Å². The Balaban J connectivity index is 1.50. The van der Waals surface area contributed by atoms with Gasteiger partial charge in [-0.3, -0.25) is 19.3 Å². The largest absolute Gasteiger partial charge is 0.494 e. The summed E-state index contributed by atoms with van der Waals surface area (Å²) >= 11 is 13.2. The first-order valence-electron chi connectivity index (χ1n) is 11.1. The molecule has 1 saturated heterocycles. The van der Waals surface area contributed by atoms with Crippen molar-refractivity contribution < 1.29 is 19.1 Å². The maximum absolute atomic E-state index is 13.0. The van der Waals surface area contributed by atoms with E-state index in [2.05, 4.69) is 5.32 Å². The van der Waals surface area contributed by atoms with Crippen LogP contribution in [-0.4, -0.2) is 39.7 Å². The molecule has 1 fully saturated rings. The van der Waals surface area contributed by atoms with Crippen molar-refractivity contribution in [2.45, 2.75) is 20.8 Å². The molecule has 1 aliphatic heterocycles. The minimum absolute atomic E-state index is 0.247. The number of benzene rings is 2. The summed E-state index contributed by atoms with van der Waals surface area (Å²) < 4.78 is 7.34. The summed E-state index contributed by atoms with van der Waals surface area (Å²) in [6, 6.07) is 14.0. The molecule has 1 aromatic heterocycles. The molecule has 0 aliphatic carbocycles. The van der Waals surface area contributed by atoms with E-state index in [-0.39, 0.29) is 11.4 Å². The third-order valence-electron chi connectivity index (χ3n) is 5.53. The van der Waals surface area contributed by atoms with Gasteiger partial charge >= 0.3 is 0 Å². The first-order valence-corrected chi connectivity index (χ1v) is 12.7. The molecule has 0 saturated carbocycles. The predicted molar refractivity (Wildman–Crippen MR) is 144 cm³/mol. The van der Waals surface area contributed by atoms with E-state index in [0.29, 0.717) is 28.1 Å². The monoisotopic (exact) mass is 543 g/mol. The first-order chi connectivity index (χ1) is 17.2. The highest BCUT2D eigenvalue weighted by atomic mass is 35.5. The van der Waals surface area contributed by atoms with Gasteiger partial charge in [-0.2, -0.15) is 0 Å². The van der Waals surface area contributed by atoms with Crippen molar-refractivity contribution in [3.63, 3.8) is 0 Å². The molecule has 0 spiro atoms. The minimum atomic E-state index is -0.513. The molecule has 3 amide bonds. The maximum atomic E-state index is 13.0. The van der Waals surface area contributed by atoms with Crippen molar-refractivity contribution in [1.29, 1.82) is 0 Å². The average molecular weight is 544 g/mol. The Morgan fingerprint density at radius 1 is 1.08 bits per heavy atom. The molecule has 1 N–H and O–H groups in total. The number of carbonyl (C=O) groups excluding carboxylic acids is 3. The van der Waals surface area contributed by atoms with Gasteiger partial charge in [0, 0.05) is 22.1 Å². The molecule has 7 nitrogen and oxygen atoms in total. The number of hydrogen-bond acceptors (Lipinski definition) is 5. The number of nitrogens with one attached hydrogen (secondary N) is 1. The molecule has 3 aromatic rings. The van der Waals surface area contributed by atoms with Crippen LogP contribution >= 0.6 is 35.0 Å². The molecular weight excluding hydrogens is 521 g/mol. The van der Waals surface area contributed by atoms with Gasteiger partial charge in [0.1, 0.15) is 12.3 Å². The molecule has 1 aliphatic rings. The van der Waals surface area contributed by atoms with Crippen molar-refractivity contribution >= 4 is 63.8 Å². The molecule has 2 heterocycles. The highest BCUT2D eigenvalue weighted by Gasteiger charge is 2.36. The number of aromatic nitrogens is 1. The van der Waals surface area contributed by atoms with Gasteiger partial charge in [-0.15, -0.1) is 0 Å². The Morgan fingerprint density at radius 2 is 1.81 bits per heavy atom. The number of aryl methyl sites for hydroxylation is 1. The number of ether oxygens (including phenoxy) is 1. The van der Waals surface area contributed by atoms with Gasteiger partial charge in [0.25, 0.3) is 11.1 Å². The molecule has 4 rings (SSSR count). The molecule has 0 unspecified atom stereocenters. The van der Waals surface area contributed by atoms with Crippen LogP contribution < -0.4 is 10.1 Å². The maximum Gasteiger partial charge on any atom is 0.294 e. The molecule has 186 valence electrons. The molecule has 0 atom stereocenters. The molecule has 0 bridgehead atoms. The summed E-state index contributed by atoms with van der Waals surface area (Å²) in [6.07, 6.45) is 1.66. The summed E-state index contributed by atoms with van der Waals surface area (Å²) in [6.45, 7) is 5.87. The Bertz CT molecular complexity index is 1380. The molecule has 2 aromatic carbocycles. The summed E-state index contributed by atoms with van der Waals surface area (Å²) in [5.74, 6) is -0.302. The normalized spacial score (nSPS) is 14.6. The predicted octanol–water partition coefficient (Wildman–Crippen LogP) is 6.47. The van der Waals surface area contributed by atoms with Crippen LogP contribution in [-0.2, 0) is 9.59 Å². The van der Waals surface area contributed by atoms with Gasteiger partial charge in [-0.25, -0.2) is 0 Å². The number of imide groups is 1. The Kier molecular flexibility index (Phi) is 7.78. The number of amides is 3. The second kappa shape index (κ2) is 10.8. The van der Waals surface area contributed by atoms with E-state index in [0.717, 1.165) is 39.3 Å². The average Bonchev–Trinajstić information content (AvgIpc) is 3.25. The highest BCUT2D eigenvalue weighted by Crippen LogP contribution is 2.35. The number of nitrogens with zero attached hydrogens (tertiary/aromatic N) is 2. The SMILES string of the molecule is CCOc1ccc(NC(=O)CN2C(=O)S/C(=C/c3cc(C)n(-c4ccc(Cl)cc4Cl)c3C)C2=O)cc1. The molecular formula is C26H23Cl2N3O4S. The third-order valence-corrected chi connectivity index (χ3v) is 6.98. The molecule has 0 radical (unpaired) electrons. The van der Waals surface area contributed by atoms with Crippen LogP contribution in [0.4, 0.5) is 10.5 Å². The van der Waals surface area contributed by atoms with E-state index in [1.165, 1.54) is 0 Å². The fourth-order valence-electron chi connectivity index (χ4n) is 3.89. The van der Waals surface area contributed by atoms with Crippen molar-refractivity contribution in [3.8, 4) is 11.4 Å². The number of rotatable bonds is 7. The molecule has 10 heteroatoms. The zero-order chi connectivity index (χ0) is 26.0. The lowest BCUT2D eigenvalue weighted by molar-refractivity contribution is -0.127. The fourth-order valence-corrected chi connectivity index (χ4v) is 5.21. The van der Waals surface area contributed by atoms with E-state index >= 15 is 0 Å². The fraction of sp³-hybridized carbons (Fsp3) is 0.192. The second-order valence-corrected chi connectivity index (χ2v) is 9.87. The second-order valence-electron chi connectivity index (χ2n) is 8.03. The number of thioether (sulfide) groups is 1. The van der Waals surface area contributed by atoms with Gasteiger partial charge in [0.15, 0.2) is 0 Å². The van der Waals surface area contributed by atoms with Gasteiger partial charge in [0.05, 0.1) is 22.2 Å². The van der Waals surface area contributed by atoms with Crippen LogP contribution in [0.5, 0.6) is 5.75 Å². The van der Waals surface area contributed by atoms with Crippen LogP contribution in [0.2, 0.25) is 10.0 Å².